The molecule has 120 valence electrons. The Hall–Kier alpha value is -3.50. The van der Waals surface area contributed by atoms with Gasteiger partial charge in [0, 0.05) is 11.9 Å². The van der Waals surface area contributed by atoms with Crippen LogP contribution >= 0.6 is 11.3 Å². The molecule has 0 spiro atoms. The van der Waals surface area contributed by atoms with Gasteiger partial charge in [-0.25, -0.2) is 4.98 Å². The number of aromatic nitrogens is 2. The zero-order valence-corrected chi connectivity index (χ0v) is 13.6. The maximum atomic E-state index is 12.5. The number of amides is 1. The number of benzene rings is 1. The van der Waals surface area contributed by atoms with Gasteiger partial charge in [-0.15, -0.1) is 11.3 Å². The van der Waals surface area contributed by atoms with Crippen LogP contribution in [0.1, 0.15) is 15.2 Å². The summed E-state index contributed by atoms with van der Waals surface area (Å²) in [6.07, 6.45) is 1.65. The standard InChI is InChI=1S/C18H10N4O2S/c19-10-11-4-3-5-12(8-11)20-16(23)14-9-13-17(25-14)21-15-6-1-2-7-22(15)18(13)24/h1-9H,(H,20,23). The van der Waals surface area contributed by atoms with Crippen molar-refractivity contribution in [2.75, 3.05) is 5.32 Å². The number of thiophene rings is 1. The van der Waals surface area contributed by atoms with E-state index in [0.717, 1.165) is 11.3 Å². The van der Waals surface area contributed by atoms with Gasteiger partial charge in [0.2, 0.25) is 0 Å². The number of nitrogens with one attached hydrogen (secondary N) is 1. The maximum Gasteiger partial charge on any atom is 0.266 e. The van der Waals surface area contributed by atoms with E-state index in [0.29, 0.717) is 32.0 Å². The van der Waals surface area contributed by atoms with Gasteiger partial charge in [0.1, 0.15) is 10.5 Å². The first-order valence-electron chi connectivity index (χ1n) is 7.38. The molecule has 1 aromatic carbocycles. The molecule has 3 aromatic heterocycles. The van der Waals surface area contributed by atoms with Crippen LogP contribution in [0.15, 0.2) is 59.5 Å². The molecule has 3 heterocycles. The highest BCUT2D eigenvalue weighted by Crippen LogP contribution is 2.23. The predicted octanol–water partition coefficient (Wildman–Crippen LogP) is 3.03. The molecule has 0 unspecified atom stereocenters. The molecular weight excluding hydrogens is 336 g/mol. The monoisotopic (exact) mass is 346 g/mol. The van der Waals surface area contributed by atoms with Gasteiger partial charge in [0.05, 0.1) is 21.9 Å². The van der Waals surface area contributed by atoms with E-state index in [2.05, 4.69) is 10.3 Å². The molecule has 0 atom stereocenters. The molecule has 0 fully saturated rings. The molecular formula is C18H10N4O2S. The Morgan fingerprint density at radius 2 is 2.08 bits per heavy atom. The maximum absolute atomic E-state index is 12.5. The summed E-state index contributed by atoms with van der Waals surface area (Å²) in [6.45, 7) is 0. The number of carbonyl (C=O) groups excluding carboxylic acids is 1. The van der Waals surface area contributed by atoms with Crippen LogP contribution in [0.4, 0.5) is 5.69 Å². The summed E-state index contributed by atoms with van der Waals surface area (Å²) in [6, 6.07) is 15.5. The van der Waals surface area contributed by atoms with Crippen molar-refractivity contribution < 1.29 is 4.79 Å². The first-order chi connectivity index (χ1) is 12.2. The van der Waals surface area contributed by atoms with E-state index < -0.39 is 0 Å². The van der Waals surface area contributed by atoms with Crippen LogP contribution in [0.2, 0.25) is 0 Å². The molecule has 0 aliphatic heterocycles. The lowest BCUT2D eigenvalue weighted by atomic mass is 10.2. The lowest BCUT2D eigenvalue weighted by Gasteiger charge is -2.03. The van der Waals surface area contributed by atoms with Crippen molar-refractivity contribution in [3.63, 3.8) is 0 Å². The number of nitriles is 1. The SMILES string of the molecule is N#Cc1cccc(NC(=O)c2cc3c(=O)n4ccccc4nc3s2)c1. The Labute approximate surface area is 145 Å². The van der Waals surface area contributed by atoms with Gasteiger partial charge in [-0.3, -0.25) is 14.0 Å². The van der Waals surface area contributed by atoms with Gasteiger partial charge >= 0.3 is 0 Å². The molecule has 7 heteroatoms. The number of hydrogen-bond acceptors (Lipinski definition) is 5. The average molecular weight is 346 g/mol. The van der Waals surface area contributed by atoms with Crippen molar-refractivity contribution in [1.29, 1.82) is 5.26 Å². The van der Waals surface area contributed by atoms with Crippen LogP contribution in [0.25, 0.3) is 15.9 Å². The summed E-state index contributed by atoms with van der Waals surface area (Å²) in [5.41, 5.74) is 1.31. The van der Waals surface area contributed by atoms with Gasteiger partial charge in [0.25, 0.3) is 11.5 Å². The number of carbonyl (C=O) groups is 1. The van der Waals surface area contributed by atoms with E-state index in [1.807, 2.05) is 6.07 Å². The molecule has 1 amide bonds. The summed E-state index contributed by atoms with van der Waals surface area (Å²) >= 11 is 1.16. The molecule has 0 aliphatic rings. The van der Waals surface area contributed by atoms with Crippen molar-refractivity contribution >= 4 is 38.8 Å². The molecule has 0 saturated carbocycles. The predicted molar refractivity (Wildman–Crippen MR) is 96.0 cm³/mol. The van der Waals surface area contributed by atoms with Crippen LogP contribution in [0.5, 0.6) is 0 Å². The molecule has 1 N–H and O–H groups in total. The Kier molecular flexibility index (Phi) is 3.52. The van der Waals surface area contributed by atoms with E-state index in [1.165, 1.54) is 4.40 Å². The van der Waals surface area contributed by atoms with Crippen LogP contribution < -0.4 is 10.9 Å². The first-order valence-corrected chi connectivity index (χ1v) is 8.20. The molecule has 4 aromatic rings. The van der Waals surface area contributed by atoms with Crippen molar-refractivity contribution in [3.05, 3.63) is 75.5 Å². The average Bonchev–Trinajstić information content (AvgIpc) is 3.07. The van der Waals surface area contributed by atoms with Gasteiger partial charge in [-0.1, -0.05) is 12.1 Å². The van der Waals surface area contributed by atoms with E-state index in [-0.39, 0.29) is 11.5 Å². The zero-order chi connectivity index (χ0) is 17.4. The Morgan fingerprint density at radius 1 is 1.20 bits per heavy atom. The summed E-state index contributed by atoms with van der Waals surface area (Å²) in [7, 11) is 0. The molecule has 6 nitrogen and oxygen atoms in total. The minimum Gasteiger partial charge on any atom is -0.321 e. The molecule has 0 saturated heterocycles. The molecule has 0 bridgehead atoms. The normalized spacial score (nSPS) is 10.7. The summed E-state index contributed by atoms with van der Waals surface area (Å²) in [5, 5.41) is 12.1. The fourth-order valence-electron chi connectivity index (χ4n) is 2.52. The van der Waals surface area contributed by atoms with Crippen molar-refractivity contribution in [1.82, 2.24) is 9.38 Å². The van der Waals surface area contributed by atoms with Gasteiger partial charge < -0.3 is 5.32 Å². The Bertz CT molecular complexity index is 1230. The van der Waals surface area contributed by atoms with E-state index in [9.17, 15) is 9.59 Å². The van der Waals surface area contributed by atoms with Gasteiger partial charge in [-0.2, -0.15) is 5.26 Å². The third kappa shape index (κ3) is 2.65. The van der Waals surface area contributed by atoms with Crippen LogP contribution in [0.3, 0.4) is 0 Å². The topological polar surface area (TPSA) is 87.3 Å². The highest BCUT2D eigenvalue weighted by Gasteiger charge is 2.15. The lowest BCUT2D eigenvalue weighted by molar-refractivity contribution is 0.103. The largest absolute Gasteiger partial charge is 0.321 e. The number of pyridine rings is 1. The number of anilines is 1. The zero-order valence-electron chi connectivity index (χ0n) is 12.8. The number of hydrogen-bond donors (Lipinski definition) is 1. The minimum atomic E-state index is -0.341. The highest BCUT2D eigenvalue weighted by molar-refractivity contribution is 7.20. The van der Waals surface area contributed by atoms with Crippen LogP contribution in [0, 0.1) is 11.3 Å². The second-order valence-electron chi connectivity index (χ2n) is 5.32. The van der Waals surface area contributed by atoms with Crippen LogP contribution in [-0.4, -0.2) is 15.3 Å². The first kappa shape index (κ1) is 15.1. The highest BCUT2D eigenvalue weighted by atomic mass is 32.1. The van der Waals surface area contributed by atoms with E-state index >= 15 is 0 Å². The summed E-state index contributed by atoms with van der Waals surface area (Å²) in [5.74, 6) is -0.341. The van der Waals surface area contributed by atoms with E-state index in [1.54, 1.807) is 54.7 Å². The summed E-state index contributed by atoms with van der Waals surface area (Å²) in [4.78, 5) is 30.3. The fourth-order valence-corrected chi connectivity index (χ4v) is 3.44. The number of rotatable bonds is 2. The Morgan fingerprint density at radius 3 is 2.92 bits per heavy atom. The number of nitrogens with zero attached hydrogens (tertiary/aromatic N) is 3. The van der Waals surface area contributed by atoms with Crippen molar-refractivity contribution in [3.8, 4) is 6.07 Å². The van der Waals surface area contributed by atoms with Crippen molar-refractivity contribution in [2.45, 2.75) is 0 Å². The third-order valence-corrected chi connectivity index (χ3v) is 4.72. The lowest BCUT2D eigenvalue weighted by Crippen LogP contribution is -2.13. The quantitative estimate of drug-likeness (QED) is 0.604. The smallest absolute Gasteiger partial charge is 0.266 e. The fraction of sp³-hybridized carbons (Fsp3) is 0. The molecule has 4 rings (SSSR count). The third-order valence-electron chi connectivity index (χ3n) is 3.69. The summed E-state index contributed by atoms with van der Waals surface area (Å²) < 4.78 is 1.45. The van der Waals surface area contributed by atoms with Crippen molar-refractivity contribution in [2.24, 2.45) is 0 Å². The molecule has 0 radical (unpaired) electrons. The molecule has 25 heavy (non-hydrogen) atoms. The molecule has 0 aliphatic carbocycles. The minimum absolute atomic E-state index is 0.206. The Balaban J connectivity index is 1.75. The number of fused-ring (bicyclic) bond motifs is 2. The second kappa shape index (κ2) is 5.85. The van der Waals surface area contributed by atoms with E-state index in [4.69, 9.17) is 5.26 Å². The van der Waals surface area contributed by atoms with Gasteiger partial charge in [0.15, 0.2) is 0 Å². The second-order valence-corrected chi connectivity index (χ2v) is 6.35. The van der Waals surface area contributed by atoms with Crippen LogP contribution in [-0.2, 0) is 0 Å². The van der Waals surface area contributed by atoms with Gasteiger partial charge in [-0.05, 0) is 36.4 Å².